The first-order valence-electron chi connectivity index (χ1n) is 15.4. The first-order valence-corrected chi connectivity index (χ1v) is 16.2. The van der Waals surface area contributed by atoms with Crippen LogP contribution in [0.4, 0.5) is 0 Å². The van der Waals surface area contributed by atoms with Crippen LogP contribution < -0.4 is 0 Å². The van der Waals surface area contributed by atoms with Crippen LogP contribution in [0, 0.1) is 0 Å². The zero-order valence-corrected chi connectivity index (χ0v) is 25.1. The molecule has 2 nitrogen and oxygen atoms in total. The van der Waals surface area contributed by atoms with Gasteiger partial charge in [0.25, 0.3) is 0 Å². The van der Waals surface area contributed by atoms with E-state index in [0.717, 1.165) is 0 Å². The van der Waals surface area contributed by atoms with Crippen LogP contribution >= 0.6 is 11.3 Å². The Morgan fingerprint density at radius 3 is 1.60 bits per heavy atom. The molecule has 0 saturated heterocycles. The summed E-state index contributed by atoms with van der Waals surface area (Å²) in [6.45, 7) is 0. The maximum absolute atomic E-state index is 2.43. The van der Waals surface area contributed by atoms with Gasteiger partial charge in [-0.25, -0.2) is 0 Å². The first kappa shape index (κ1) is 24.8. The van der Waals surface area contributed by atoms with E-state index in [9.17, 15) is 0 Å². The minimum atomic E-state index is 1.17. The monoisotopic (exact) mass is 590 g/mol. The Hall–Kier alpha value is -5.64. The predicted octanol–water partition coefficient (Wildman–Crippen LogP) is 11.9. The van der Waals surface area contributed by atoms with E-state index in [0.29, 0.717) is 0 Å². The average molecular weight is 591 g/mol. The summed E-state index contributed by atoms with van der Waals surface area (Å²) >= 11 is 1.87. The van der Waals surface area contributed by atoms with Crippen LogP contribution in [-0.4, -0.2) is 9.13 Å². The van der Waals surface area contributed by atoms with Gasteiger partial charge in [0.15, 0.2) is 0 Å². The Bertz CT molecular complexity index is 2720. The van der Waals surface area contributed by atoms with Crippen molar-refractivity contribution in [2.75, 3.05) is 0 Å². The average Bonchev–Trinajstić information content (AvgIpc) is 3.76. The Balaban J connectivity index is 1.21. The summed E-state index contributed by atoms with van der Waals surface area (Å²) in [5, 5.41) is 7.73. The van der Waals surface area contributed by atoms with Crippen molar-refractivity contribution in [2.24, 2.45) is 0 Å². The van der Waals surface area contributed by atoms with Crippen molar-refractivity contribution in [2.45, 2.75) is 0 Å². The number of benzene rings is 7. The van der Waals surface area contributed by atoms with Gasteiger partial charge in [0.2, 0.25) is 0 Å². The fourth-order valence-electron chi connectivity index (χ4n) is 7.41. The molecule has 45 heavy (non-hydrogen) atoms. The van der Waals surface area contributed by atoms with Gasteiger partial charge in [-0.15, -0.1) is 11.3 Å². The molecule has 210 valence electrons. The van der Waals surface area contributed by atoms with Crippen LogP contribution in [0.15, 0.2) is 158 Å². The zero-order chi connectivity index (χ0) is 29.5. The van der Waals surface area contributed by atoms with E-state index in [-0.39, 0.29) is 0 Å². The fourth-order valence-corrected chi connectivity index (χ4v) is 8.54. The smallest absolute Gasteiger partial charge is 0.0542 e. The van der Waals surface area contributed by atoms with E-state index < -0.39 is 0 Å². The molecule has 7 aromatic carbocycles. The molecular weight excluding hydrogens is 565 g/mol. The summed E-state index contributed by atoms with van der Waals surface area (Å²) in [5.74, 6) is 0. The van der Waals surface area contributed by atoms with Gasteiger partial charge in [-0.2, -0.15) is 0 Å². The molecule has 0 fully saturated rings. The van der Waals surface area contributed by atoms with E-state index in [1.54, 1.807) is 0 Å². The highest BCUT2D eigenvalue weighted by atomic mass is 32.1. The van der Waals surface area contributed by atoms with E-state index >= 15 is 0 Å². The fraction of sp³-hybridized carbons (Fsp3) is 0. The van der Waals surface area contributed by atoms with E-state index in [2.05, 4.69) is 167 Å². The molecule has 0 aliphatic rings. The quantitative estimate of drug-likeness (QED) is 0.194. The summed E-state index contributed by atoms with van der Waals surface area (Å²) in [5.41, 5.74) is 9.72. The Morgan fingerprint density at radius 2 is 0.889 bits per heavy atom. The number of hydrogen-bond donors (Lipinski definition) is 0. The number of rotatable bonds is 3. The van der Waals surface area contributed by atoms with Crippen molar-refractivity contribution in [3.63, 3.8) is 0 Å². The van der Waals surface area contributed by atoms with Gasteiger partial charge < -0.3 is 9.13 Å². The normalized spacial score (nSPS) is 12.0. The molecule has 0 aliphatic heterocycles. The minimum absolute atomic E-state index is 1.17. The van der Waals surface area contributed by atoms with Crippen molar-refractivity contribution >= 4 is 75.1 Å². The lowest BCUT2D eigenvalue weighted by Gasteiger charge is -2.12. The van der Waals surface area contributed by atoms with Crippen molar-refractivity contribution < 1.29 is 0 Å². The molecule has 3 heterocycles. The molecule has 0 bridgehead atoms. The second-order valence-electron chi connectivity index (χ2n) is 11.8. The summed E-state index contributed by atoms with van der Waals surface area (Å²) < 4.78 is 7.49. The molecule has 0 amide bonds. The molecule has 10 rings (SSSR count). The molecule has 0 spiro atoms. The molecule has 0 atom stereocenters. The van der Waals surface area contributed by atoms with Gasteiger partial charge in [0.05, 0.1) is 22.1 Å². The largest absolute Gasteiger partial charge is 0.309 e. The standard InChI is InChI=1S/C42H26N2S/c1-5-18-36-31(13-1)32-14-2-6-19-37(32)44(36)29-23-24-39-35(26-29)33-15-3-7-20-38(33)43(39)28-12-9-11-27(25-28)30-17-10-22-41-42(30)34-16-4-8-21-40(34)45-41/h1-26H. The molecular formula is C42H26N2S. The van der Waals surface area contributed by atoms with Gasteiger partial charge in [0, 0.05) is 53.1 Å². The third-order valence-electron chi connectivity index (χ3n) is 9.31. The lowest BCUT2D eigenvalue weighted by molar-refractivity contribution is 1.17. The van der Waals surface area contributed by atoms with E-state index in [4.69, 9.17) is 0 Å². The third kappa shape index (κ3) is 3.56. The summed E-state index contributed by atoms with van der Waals surface area (Å²) in [4.78, 5) is 0. The first-order chi connectivity index (χ1) is 22.3. The summed E-state index contributed by atoms with van der Waals surface area (Å²) in [7, 11) is 0. The predicted molar refractivity (Wildman–Crippen MR) is 193 cm³/mol. The van der Waals surface area contributed by atoms with Crippen LogP contribution in [0.2, 0.25) is 0 Å². The Morgan fingerprint density at radius 1 is 0.356 bits per heavy atom. The molecule has 0 unspecified atom stereocenters. The van der Waals surface area contributed by atoms with Gasteiger partial charge >= 0.3 is 0 Å². The molecule has 0 radical (unpaired) electrons. The Labute approximate surface area is 263 Å². The maximum Gasteiger partial charge on any atom is 0.0542 e. The lowest BCUT2D eigenvalue weighted by atomic mass is 9.99. The van der Waals surface area contributed by atoms with Crippen molar-refractivity contribution in [1.82, 2.24) is 9.13 Å². The highest BCUT2D eigenvalue weighted by Crippen LogP contribution is 2.41. The Kier molecular flexibility index (Phi) is 5.19. The lowest BCUT2D eigenvalue weighted by Crippen LogP contribution is -1.96. The van der Waals surface area contributed by atoms with Crippen molar-refractivity contribution in [3.05, 3.63) is 158 Å². The van der Waals surface area contributed by atoms with E-state index in [1.807, 2.05) is 11.3 Å². The SMILES string of the molecule is c1cc(-c2cccc3sc4ccccc4c23)cc(-n2c3ccccc3c3cc(-n4c5ccccc5c5ccccc54)ccc32)c1. The number of thiophene rings is 1. The van der Waals surface area contributed by atoms with Gasteiger partial charge in [-0.05, 0) is 71.8 Å². The highest BCUT2D eigenvalue weighted by Gasteiger charge is 2.17. The number of nitrogens with zero attached hydrogens (tertiary/aromatic N) is 2. The molecule has 3 heteroatoms. The molecule has 3 aromatic heterocycles. The second kappa shape index (κ2) is 9.43. The molecule has 10 aromatic rings. The van der Waals surface area contributed by atoms with E-state index in [1.165, 1.54) is 86.3 Å². The van der Waals surface area contributed by atoms with Crippen LogP contribution in [0.5, 0.6) is 0 Å². The number of fused-ring (bicyclic) bond motifs is 9. The topological polar surface area (TPSA) is 9.86 Å². The van der Waals surface area contributed by atoms with Crippen LogP contribution in [0.25, 0.3) is 86.3 Å². The minimum Gasteiger partial charge on any atom is -0.309 e. The number of hydrogen-bond acceptors (Lipinski definition) is 1. The maximum atomic E-state index is 2.43. The molecule has 0 N–H and O–H groups in total. The highest BCUT2D eigenvalue weighted by molar-refractivity contribution is 7.25. The van der Waals surface area contributed by atoms with Crippen LogP contribution in [-0.2, 0) is 0 Å². The van der Waals surface area contributed by atoms with Crippen molar-refractivity contribution in [3.8, 4) is 22.5 Å². The number of aromatic nitrogens is 2. The second-order valence-corrected chi connectivity index (χ2v) is 12.8. The summed E-state index contributed by atoms with van der Waals surface area (Å²) in [6, 6.07) is 57.7. The van der Waals surface area contributed by atoms with Gasteiger partial charge in [-0.1, -0.05) is 97.1 Å². The molecule has 0 saturated carbocycles. The van der Waals surface area contributed by atoms with Crippen LogP contribution in [0.1, 0.15) is 0 Å². The van der Waals surface area contributed by atoms with Gasteiger partial charge in [-0.3, -0.25) is 0 Å². The summed E-state index contributed by atoms with van der Waals surface area (Å²) in [6.07, 6.45) is 0. The van der Waals surface area contributed by atoms with Crippen LogP contribution in [0.3, 0.4) is 0 Å². The zero-order valence-electron chi connectivity index (χ0n) is 24.3. The molecule has 0 aliphatic carbocycles. The van der Waals surface area contributed by atoms with Gasteiger partial charge in [0.1, 0.15) is 0 Å². The number of para-hydroxylation sites is 3. The third-order valence-corrected chi connectivity index (χ3v) is 10.4. The van der Waals surface area contributed by atoms with Crippen molar-refractivity contribution in [1.29, 1.82) is 0 Å².